The van der Waals surface area contributed by atoms with Gasteiger partial charge in [0.1, 0.15) is 11.5 Å². The lowest BCUT2D eigenvalue weighted by molar-refractivity contribution is 0.103. The van der Waals surface area contributed by atoms with Crippen molar-refractivity contribution in [2.75, 3.05) is 0 Å². The zero-order chi connectivity index (χ0) is 16.2. The number of para-hydroxylation sites is 1. The van der Waals surface area contributed by atoms with Crippen LogP contribution < -0.4 is 4.74 Å². The minimum atomic E-state index is -0.155. The van der Waals surface area contributed by atoms with Crippen molar-refractivity contribution in [2.45, 2.75) is 0 Å². The third-order valence-electron chi connectivity index (χ3n) is 3.27. The molecule has 0 atom stereocenters. The minimum absolute atomic E-state index is 0.155. The largest absolute Gasteiger partial charge is 0.457 e. The smallest absolute Gasteiger partial charge is 0.194 e. The molecule has 0 N–H and O–H groups in total. The van der Waals surface area contributed by atoms with Gasteiger partial charge in [0.2, 0.25) is 0 Å². The fourth-order valence-corrected chi connectivity index (χ4v) is 2.62. The van der Waals surface area contributed by atoms with Gasteiger partial charge in [0.05, 0.1) is 5.02 Å². The van der Waals surface area contributed by atoms with E-state index in [0.29, 0.717) is 26.9 Å². The fraction of sp³-hybridized carbons (Fsp3) is 0. The van der Waals surface area contributed by atoms with Crippen LogP contribution in [0.2, 0.25) is 10.0 Å². The van der Waals surface area contributed by atoms with E-state index in [4.69, 9.17) is 27.9 Å². The second-order valence-electron chi connectivity index (χ2n) is 4.89. The predicted molar refractivity (Wildman–Crippen MR) is 92.9 cm³/mol. The zero-order valence-corrected chi connectivity index (χ0v) is 13.5. The van der Waals surface area contributed by atoms with Crippen LogP contribution in [-0.2, 0) is 0 Å². The maximum atomic E-state index is 12.5. The number of halogens is 2. The molecule has 3 rings (SSSR count). The third kappa shape index (κ3) is 3.73. The van der Waals surface area contributed by atoms with E-state index in [2.05, 4.69) is 0 Å². The highest BCUT2D eigenvalue weighted by atomic mass is 35.5. The first-order valence-electron chi connectivity index (χ1n) is 6.96. The van der Waals surface area contributed by atoms with Gasteiger partial charge in [0.15, 0.2) is 5.78 Å². The Morgan fingerprint density at radius 2 is 1.43 bits per heavy atom. The number of carbonyl (C=O) groups excluding carboxylic acids is 1. The van der Waals surface area contributed by atoms with E-state index >= 15 is 0 Å². The van der Waals surface area contributed by atoms with Crippen molar-refractivity contribution in [3.05, 3.63) is 94.0 Å². The highest BCUT2D eigenvalue weighted by molar-refractivity contribution is 6.37. The number of carbonyl (C=O) groups is 1. The van der Waals surface area contributed by atoms with Crippen LogP contribution >= 0.6 is 23.2 Å². The lowest BCUT2D eigenvalue weighted by atomic mass is 10.0. The molecule has 0 aliphatic heterocycles. The number of benzene rings is 3. The number of ether oxygens (including phenoxy) is 1. The highest BCUT2D eigenvalue weighted by Gasteiger charge is 2.13. The molecule has 0 aromatic heterocycles. The summed E-state index contributed by atoms with van der Waals surface area (Å²) in [4.78, 5) is 12.5. The zero-order valence-electron chi connectivity index (χ0n) is 12.0. The average Bonchev–Trinajstić information content (AvgIpc) is 2.56. The molecule has 0 spiro atoms. The summed E-state index contributed by atoms with van der Waals surface area (Å²) in [6.45, 7) is 0. The summed E-state index contributed by atoms with van der Waals surface area (Å²) < 4.78 is 5.70. The second kappa shape index (κ2) is 6.86. The summed E-state index contributed by atoms with van der Waals surface area (Å²) in [7, 11) is 0. The monoisotopic (exact) mass is 342 g/mol. The number of rotatable bonds is 4. The minimum Gasteiger partial charge on any atom is -0.457 e. The molecule has 3 aromatic carbocycles. The van der Waals surface area contributed by atoms with Crippen LogP contribution in [0.5, 0.6) is 11.5 Å². The van der Waals surface area contributed by atoms with E-state index in [1.165, 1.54) is 0 Å². The SMILES string of the molecule is O=C(c1ccc(Oc2ccccc2)cc1)c1ccc(Cl)cc1Cl. The van der Waals surface area contributed by atoms with Crippen molar-refractivity contribution in [3.63, 3.8) is 0 Å². The van der Waals surface area contributed by atoms with Gasteiger partial charge in [-0.1, -0.05) is 41.4 Å². The number of ketones is 1. The Morgan fingerprint density at radius 3 is 2.09 bits per heavy atom. The van der Waals surface area contributed by atoms with Crippen LogP contribution in [0.1, 0.15) is 15.9 Å². The number of hydrogen-bond acceptors (Lipinski definition) is 2. The highest BCUT2D eigenvalue weighted by Crippen LogP contribution is 2.25. The molecule has 0 aliphatic rings. The molecule has 4 heteroatoms. The van der Waals surface area contributed by atoms with E-state index in [9.17, 15) is 4.79 Å². The van der Waals surface area contributed by atoms with Gasteiger partial charge in [-0.2, -0.15) is 0 Å². The second-order valence-corrected chi connectivity index (χ2v) is 5.74. The topological polar surface area (TPSA) is 26.3 Å². The standard InChI is InChI=1S/C19H12Cl2O2/c20-14-8-11-17(18(21)12-14)19(22)13-6-9-16(10-7-13)23-15-4-2-1-3-5-15/h1-12H. The number of hydrogen-bond donors (Lipinski definition) is 0. The van der Waals surface area contributed by atoms with Crippen molar-refractivity contribution in [1.82, 2.24) is 0 Å². The molecule has 0 bridgehead atoms. The maximum absolute atomic E-state index is 12.5. The average molecular weight is 343 g/mol. The quantitative estimate of drug-likeness (QED) is 0.542. The third-order valence-corrected chi connectivity index (χ3v) is 3.82. The summed E-state index contributed by atoms with van der Waals surface area (Å²) in [5.74, 6) is 1.25. The fourth-order valence-electron chi connectivity index (χ4n) is 2.13. The summed E-state index contributed by atoms with van der Waals surface area (Å²) in [6, 6.07) is 21.2. The molecule has 0 radical (unpaired) electrons. The Labute approximate surface area is 144 Å². The van der Waals surface area contributed by atoms with Crippen molar-refractivity contribution in [2.24, 2.45) is 0 Å². The summed E-state index contributed by atoms with van der Waals surface area (Å²) in [6.07, 6.45) is 0. The Hall–Kier alpha value is -2.29. The normalized spacial score (nSPS) is 10.3. The Balaban J connectivity index is 1.80. The summed E-state index contributed by atoms with van der Waals surface area (Å²) in [5, 5.41) is 0.838. The van der Waals surface area contributed by atoms with Crippen LogP contribution in [0.4, 0.5) is 0 Å². The molecular weight excluding hydrogens is 331 g/mol. The first-order chi connectivity index (χ1) is 11.1. The van der Waals surface area contributed by atoms with Gasteiger partial charge in [-0.15, -0.1) is 0 Å². The lowest BCUT2D eigenvalue weighted by Crippen LogP contribution is -2.02. The maximum Gasteiger partial charge on any atom is 0.194 e. The molecular formula is C19H12Cl2O2. The van der Waals surface area contributed by atoms with Crippen LogP contribution in [-0.4, -0.2) is 5.78 Å². The first-order valence-corrected chi connectivity index (χ1v) is 7.72. The van der Waals surface area contributed by atoms with Crippen LogP contribution in [0, 0.1) is 0 Å². The molecule has 0 saturated heterocycles. The first kappa shape index (κ1) is 15.6. The molecule has 0 aliphatic carbocycles. The molecule has 0 heterocycles. The summed E-state index contributed by atoms with van der Waals surface area (Å²) in [5.41, 5.74) is 0.961. The summed E-state index contributed by atoms with van der Waals surface area (Å²) >= 11 is 11.9. The van der Waals surface area contributed by atoms with Crippen molar-refractivity contribution >= 4 is 29.0 Å². The van der Waals surface area contributed by atoms with E-state index in [-0.39, 0.29) is 5.78 Å². The van der Waals surface area contributed by atoms with Gasteiger partial charge in [-0.05, 0) is 54.6 Å². The van der Waals surface area contributed by atoms with Crippen molar-refractivity contribution in [1.29, 1.82) is 0 Å². The van der Waals surface area contributed by atoms with Crippen LogP contribution in [0.25, 0.3) is 0 Å². The van der Waals surface area contributed by atoms with Crippen molar-refractivity contribution < 1.29 is 9.53 Å². The predicted octanol–water partition coefficient (Wildman–Crippen LogP) is 6.02. The lowest BCUT2D eigenvalue weighted by Gasteiger charge is -2.07. The van der Waals surface area contributed by atoms with Crippen LogP contribution in [0.15, 0.2) is 72.8 Å². The van der Waals surface area contributed by atoms with Gasteiger partial charge in [0, 0.05) is 16.1 Å². The molecule has 114 valence electrons. The van der Waals surface area contributed by atoms with Crippen molar-refractivity contribution in [3.8, 4) is 11.5 Å². The van der Waals surface area contributed by atoms with Gasteiger partial charge in [0.25, 0.3) is 0 Å². The Kier molecular flexibility index (Phi) is 4.65. The molecule has 0 fully saturated rings. The van der Waals surface area contributed by atoms with E-state index in [0.717, 1.165) is 5.75 Å². The molecule has 2 nitrogen and oxygen atoms in total. The molecule has 0 saturated carbocycles. The van der Waals surface area contributed by atoms with Crippen LogP contribution in [0.3, 0.4) is 0 Å². The Bertz CT molecular complexity index is 828. The van der Waals surface area contributed by atoms with E-state index < -0.39 is 0 Å². The van der Waals surface area contributed by atoms with Gasteiger partial charge in [-0.3, -0.25) is 4.79 Å². The Morgan fingerprint density at radius 1 is 0.783 bits per heavy atom. The molecule has 23 heavy (non-hydrogen) atoms. The van der Waals surface area contributed by atoms with E-state index in [1.807, 2.05) is 30.3 Å². The molecule has 0 amide bonds. The molecule has 0 unspecified atom stereocenters. The van der Waals surface area contributed by atoms with E-state index in [1.54, 1.807) is 42.5 Å². The molecule has 3 aromatic rings. The van der Waals surface area contributed by atoms with Gasteiger partial charge in [-0.25, -0.2) is 0 Å². The van der Waals surface area contributed by atoms with Gasteiger partial charge >= 0.3 is 0 Å². The van der Waals surface area contributed by atoms with Gasteiger partial charge < -0.3 is 4.74 Å².